The molecular weight excluding hydrogens is 364 g/mol. The highest BCUT2D eigenvalue weighted by atomic mass is 16.5. The van der Waals surface area contributed by atoms with Gasteiger partial charge < -0.3 is 15.0 Å². The van der Waals surface area contributed by atoms with E-state index >= 15 is 0 Å². The van der Waals surface area contributed by atoms with Crippen LogP contribution in [0.3, 0.4) is 0 Å². The quantitative estimate of drug-likeness (QED) is 0.708. The summed E-state index contributed by atoms with van der Waals surface area (Å²) in [6.07, 6.45) is 1.67. The molecule has 1 saturated heterocycles. The van der Waals surface area contributed by atoms with Crippen molar-refractivity contribution in [1.29, 1.82) is 0 Å². The number of nitrogens with one attached hydrogen (secondary N) is 1. The highest BCUT2D eigenvalue weighted by Gasteiger charge is 2.29. The number of benzene rings is 2. The molecule has 3 rings (SSSR count). The lowest BCUT2D eigenvalue weighted by Crippen LogP contribution is -2.44. The van der Waals surface area contributed by atoms with E-state index in [9.17, 15) is 9.59 Å². The fourth-order valence-electron chi connectivity index (χ4n) is 3.67. The standard InChI is InChI=1S/C24H30N2O3/c1-16(2)29-21-9-5-7-19(14-21)23(27)20-8-6-12-26(15-20)24(28)25-22-13-17(3)10-11-18(22)4/h5,7,9-11,13-14,16,20H,6,8,12,15H2,1-4H3,(H,25,28)/t20-/m0/s1. The number of hydrogen-bond donors (Lipinski definition) is 1. The van der Waals surface area contributed by atoms with Crippen molar-refractivity contribution in [2.24, 2.45) is 5.92 Å². The van der Waals surface area contributed by atoms with Gasteiger partial charge in [-0.1, -0.05) is 24.3 Å². The summed E-state index contributed by atoms with van der Waals surface area (Å²) in [6, 6.07) is 13.2. The van der Waals surface area contributed by atoms with Crippen molar-refractivity contribution >= 4 is 17.5 Å². The van der Waals surface area contributed by atoms with Gasteiger partial charge in [-0.3, -0.25) is 4.79 Å². The van der Waals surface area contributed by atoms with E-state index < -0.39 is 0 Å². The number of carbonyl (C=O) groups is 2. The number of carbonyl (C=O) groups excluding carboxylic acids is 2. The van der Waals surface area contributed by atoms with Gasteiger partial charge in [0, 0.05) is 30.3 Å². The SMILES string of the molecule is Cc1ccc(C)c(NC(=O)N2CCC[C@H](C(=O)c3cccc(OC(C)C)c3)C2)c1. The monoisotopic (exact) mass is 394 g/mol. The minimum atomic E-state index is -0.192. The Bertz CT molecular complexity index is 891. The van der Waals surface area contributed by atoms with Crippen LogP contribution in [0.2, 0.25) is 0 Å². The van der Waals surface area contributed by atoms with Gasteiger partial charge in [0.2, 0.25) is 0 Å². The zero-order valence-corrected chi connectivity index (χ0v) is 17.7. The number of likely N-dealkylation sites (tertiary alicyclic amines) is 1. The fourth-order valence-corrected chi connectivity index (χ4v) is 3.67. The van der Waals surface area contributed by atoms with Gasteiger partial charge in [0.05, 0.1) is 6.10 Å². The number of aryl methyl sites for hydroxylation is 2. The first-order valence-corrected chi connectivity index (χ1v) is 10.3. The van der Waals surface area contributed by atoms with Gasteiger partial charge in [-0.2, -0.15) is 0 Å². The molecule has 2 amide bonds. The van der Waals surface area contributed by atoms with Gasteiger partial charge >= 0.3 is 6.03 Å². The van der Waals surface area contributed by atoms with Crippen molar-refractivity contribution in [3.05, 3.63) is 59.2 Å². The van der Waals surface area contributed by atoms with Crippen LogP contribution in [0.15, 0.2) is 42.5 Å². The molecule has 2 aromatic carbocycles. The van der Waals surface area contributed by atoms with E-state index in [0.717, 1.165) is 29.7 Å². The van der Waals surface area contributed by atoms with Crippen LogP contribution in [-0.4, -0.2) is 35.9 Å². The number of urea groups is 1. The predicted octanol–water partition coefficient (Wildman–Crippen LogP) is 5.22. The van der Waals surface area contributed by atoms with E-state index in [1.807, 2.05) is 64.1 Å². The molecule has 1 atom stereocenters. The molecule has 0 spiro atoms. The van der Waals surface area contributed by atoms with Crippen LogP contribution in [0.1, 0.15) is 48.2 Å². The summed E-state index contributed by atoms with van der Waals surface area (Å²) in [7, 11) is 0. The molecule has 154 valence electrons. The molecule has 1 aliphatic rings. The molecule has 0 saturated carbocycles. The maximum absolute atomic E-state index is 13.0. The van der Waals surface area contributed by atoms with Crippen LogP contribution < -0.4 is 10.1 Å². The second-order valence-electron chi connectivity index (χ2n) is 8.09. The van der Waals surface area contributed by atoms with E-state index in [4.69, 9.17) is 4.74 Å². The second-order valence-corrected chi connectivity index (χ2v) is 8.09. The number of hydrogen-bond acceptors (Lipinski definition) is 3. The summed E-state index contributed by atoms with van der Waals surface area (Å²) in [6.45, 7) is 9.00. The first kappa shape index (κ1) is 20.9. The highest BCUT2D eigenvalue weighted by molar-refractivity contribution is 5.99. The van der Waals surface area contributed by atoms with E-state index in [2.05, 4.69) is 5.32 Å². The third kappa shape index (κ3) is 5.37. The first-order valence-electron chi connectivity index (χ1n) is 10.3. The van der Waals surface area contributed by atoms with Crippen molar-refractivity contribution < 1.29 is 14.3 Å². The molecule has 5 heteroatoms. The summed E-state index contributed by atoms with van der Waals surface area (Å²) in [5, 5.41) is 3.01. The molecule has 1 N–H and O–H groups in total. The van der Waals surface area contributed by atoms with E-state index in [1.54, 1.807) is 11.0 Å². The molecule has 0 radical (unpaired) electrons. The molecule has 2 aromatic rings. The van der Waals surface area contributed by atoms with Gasteiger partial charge in [-0.05, 0) is 69.9 Å². The smallest absolute Gasteiger partial charge is 0.321 e. The number of amides is 2. The van der Waals surface area contributed by atoms with Gasteiger partial charge in [-0.15, -0.1) is 0 Å². The van der Waals surface area contributed by atoms with Gasteiger partial charge in [0.1, 0.15) is 5.75 Å². The Kier molecular flexibility index (Phi) is 6.57. The largest absolute Gasteiger partial charge is 0.491 e. The third-order valence-electron chi connectivity index (χ3n) is 5.20. The summed E-state index contributed by atoms with van der Waals surface area (Å²) in [5.41, 5.74) is 3.59. The summed E-state index contributed by atoms with van der Waals surface area (Å²) in [5.74, 6) is 0.581. The molecular formula is C24H30N2O3. The highest BCUT2D eigenvalue weighted by Crippen LogP contribution is 2.25. The molecule has 0 unspecified atom stereocenters. The average molecular weight is 395 g/mol. The third-order valence-corrected chi connectivity index (χ3v) is 5.20. The van der Waals surface area contributed by atoms with Crippen molar-refractivity contribution in [3.8, 4) is 5.75 Å². The number of nitrogens with zero attached hydrogens (tertiary/aromatic N) is 1. The van der Waals surface area contributed by atoms with E-state index in [-0.39, 0.29) is 23.8 Å². The molecule has 1 heterocycles. The second kappa shape index (κ2) is 9.12. The maximum atomic E-state index is 13.0. The first-order chi connectivity index (χ1) is 13.8. The van der Waals surface area contributed by atoms with Gasteiger partial charge in [-0.25, -0.2) is 4.79 Å². The van der Waals surface area contributed by atoms with Crippen molar-refractivity contribution in [2.45, 2.75) is 46.6 Å². The molecule has 0 bridgehead atoms. The average Bonchev–Trinajstić information content (AvgIpc) is 2.70. The van der Waals surface area contributed by atoms with Crippen LogP contribution >= 0.6 is 0 Å². The number of anilines is 1. The molecule has 0 aliphatic carbocycles. The normalized spacial score (nSPS) is 16.6. The van der Waals surface area contributed by atoms with Gasteiger partial charge in [0.25, 0.3) is 0 Å². The Balaban J connectivity index is 1.67. The lowest BCUT2D eigenvalue weighted by molar-refractivity contribution is 0.0850. The zero-order chi connectivity index (χ0) is 21.0. The van der Waals surface area contributed by atoms with Crippen LogP contribution in [0, 0.1) is 19.8 Å². The number of piperidine rings is 1. The summed E-state index contributed by atoms with van der Waals surface area (Å²) in [4.78, 5) is 27.6. The summed E-state index contributed by atoms with van der Waals surface area (Å²) >= 11 is 0. The van der Waals surface area contributed by atoms with E-state index in [1.165, 1.54) is 0 Å². The number of ether oxygens (including phenoxy) is 1. The number of ketones is 1. The zero-order valence-electron chi connectivity index (χ0n) is 17.7. The fraction of sp³-hybridized carbons (Fsp3) is 0.417. The predicted molar refractivity (Wildman–Crippen MR) is 116 cm³/mol. The number of rotatable bonds is 5. The molecule has 1 fully saturated rings. The Morgan fingerprint density at radius 3 is 2.69 bits per heavy atom. The Morgan fingerprint density at radius 1 is 1.14 bits per heavy atom. The lowest BCUT2D eigenvalue weighted by Gasteiger charge is -2.32. The Hall–Kier alpha value is -2.82. The molecule has 5 nitrogen and oxygen atoms in total. The van der Waals surface area contributed by atoms with Crippen LogP contribution in [0.5, 0.6) is 5.75 Å². The van der Waals surface area contributed by atoms with Gasteiger partial charge in [0.15, 0.2) is 5.78 Å². The molecule has 29 heavy (non-hydrogen) atoms. The minimum absolute atomic E-state index is 0.0549. The van der Waals surface area contributed by atoms with Crippen LogP contribution in [0.4, 0.5) is 10.5 Å². The maximum Gasteiger partial charge on any atom is 0.321 e. The summed E-state index contributed by atoms with van der Waals surface area (Å²) < 4.78 is 5.71. The van der Waals surface area contributed by atoms with Crippen molar-refractivity contribution in [2.75, 3.05) is 18.4 Å². The Morgan fingerprint density at radius 2 is 1.93 bits per heavy atom. The minimum Gasteiger partial charge on any atom is -0.491 e. The van der Waals surface area contributed by atoms with E-state index in [0.29, 0.717) is 24.4 Å². The van der Waals surface area contributed by atoms with Crippen molar-refractivity contribution in [1.82, 2.24) is 4.90 Å². The van der Waals surface area contributed by atoms with Crippen molar-refractivity contribution in [3.63, 3.8) is 0 Å². The topological polar surface area (TPSA) is 58.6 Å². The van der Waals surface area contributed by atoms with Crippen LogP contribution in [0.25, 0.3) is 0 Å². The lowest BCUT2D eigenvalue weighted by atomic mass is 9.90. The van der Waals surface area contributed by atoms with Crippen LogP contribution in [-0.2, 0) is 0 Å². The Labute approximate surface area is 173 Å². The molecule has 1 aliphatic heterocycles. The number of Topliss-reactive ketones (excluding diaryl/α,β-unsaturated/α-hetero) is 1. The molecule has 0 aromatic heterocycles.